The Kier molecular flexibility index (Phi) is 1.90. The molecule has 2 fully saturated rings. The van der Waals surface area contributed by atoms with Crippen molar-refractivity contribution in [3.63, 3.8) is 0 Å². The first-order chi connectivity index (χ1) is 5.31. The van der Waals surface area contributed by atoms with Gasteiger partial charge in [-0.05, 0) is 39.2 Å². The molecule has 2 aliphatic rings. The highest BCUT2D eigenvalue weighted by atomic mass is 16.5. The third kappa shape index (κ3) is 1.42. The molecule has 0 radical (unpaired) electrons. The SMILES string of the molecule is CC1COC2(CCC2)CCN1. The maximum absolute atomic E-state index is 5.88. The van der Waals surface area contributed by atoms with Crippen LogP contribution in [0.5, 0.6) is 0 Å². The molecule has 1 aliphatic heterocycles. The molecule has 64 valence electrons. The lowest BCUT2D eigenvalue weighted by Crippen LogP contribution is -2.40. The van der Waals surface area contributed by atoms with Gasteiger partial charge in [-0.15, -0.1) is 0 Å². The summed E-state index contributed by atoms with van der Waals surface area (Å²) in [6, 6.07) is 0.551. The molecule has 1 spiro atoms. The number of hydrogen-bond acceptors (Lipinski definition) is 2. The summed E-state index contributed by atoms with van der Waals surface area (Å²) < 4.78 is 5.88. The second kappa shape index (κ2) is 2.76. The Labute approximate surface area is 68.3 Å². The van der Waals surface area contributed by atoms with Gasteiger partial charge in [-0.25, -0.2) is 0 Å². The molecule has 0 aromatic rings. The Bertz CT molecular complexity index is 142. The average Bonchev–Trinajstić information content (AvgIpc) is 2.09. The summed E-state index contributed by atoms with van der Waals surface area (Å²) >= 11 is 0. The lowest BCUT2D eigenvalue weighted by Gasteiger charge is -2.40. The van der Waals surface area contributed by atoms with Gasteiger partial charge >= 0.3 is 0 Å². The van der Waals surface area contributed by atoms with E-state index in [0.717, 1.165) is 13.2 Å². The molecular formula is C9H17NO. The summed E-state index contributed by atoms with van der Waals surface area (Å²) in [5, 5.41) is 3.44. The highest BCUT2D eigenvalue weighted by Gasteiger charge is 2.38. The number of rotatable bonds is 0. The van der Waals surface area contributed by atoms with E-state index < -0.39 is 0 Å². The molecule has 2 nitrogen and oxygen atoms in total. The summed E-state index contributed by atoms with van der Waals surface area (Å²) in [5.41, 5.74) is 0.303. The quantitative estimate of drug-likeness (QED) is 0.569. The van der Waals surface area contributed by atoms with E-state index >= 15 is 0 Å². The van der Waals surface area contributed by atoms with Crippen molar-refractivity contribution in [1.29, 1.82) is 0 Å². The summed E-state index contributed by atoms with van der Waals surface area (Å²) in [4.78, 5) is 0. The van der Waals surface area contributed by atoms with Crippen LogP contribution in [0.4, 0.5) is 0 Å². The Balaban J connectivity index is 1.92. The normalized spacial score (nSPS) is 36.3. The van der Waals surface area contributed by atoms with Crippen molar-refractivity contribution in [3.8, 4) is 0 Å². The first kappa shape index (κ1) is 7.56. The topological polar surface area (TPSA) is 21.3 Å². The molecule has 1 atom stereocenters. The maximum Gasteiger partial charge on any atom is 0.0695 e. The standard InChI is InChI=1S/C9H17NO/c1-8-7-11-9(3-2-4-9)5-6-10-8/h8,10H,2-7H2,1H3. The minimum Gasteiger partial charge on any atom is -0.373 e. The highest BCUT2D eigenvalue weighted by Crippen LogP contribution is 2.39. The third-order valence-corrected chi connectivity index (χ3v) is 2.98. The second-order valence-corrected chi connectivity index (χ2v) is 3.95. The van der Waals surface area contributed by atoms with E-state index in [1.54, 1.807) is 0 Å². The summed E-state index contributed by atoms with van der Waals surface area (Å²) in [5.74, 6) is 0. The van der Waals surface area contributed by atoms with Gasteiger partial charge in [0.2, 0.25) is 0 Å². The Hall–Kier alpha value is -0.0800. The van der Waals surface area contributed by atoms with Crippen molar-refractivity contribution in [2.45, 2.75) is 44.2 Å². The summed E-state index contributed by atoms with van der Waals surface area (Å²) in [7, 11) is 0. The van der Waals surface area contributed by atoms with Gasteiger partial charge in [0.25, 0.3) is 0 Å². The van der Waals surface area contributed by atoms with Gasteiger partial charge in [0.05, 0.1) is 12.2 Å². The molecule has 0 amide bonds. The molecule has 0 aromatic heterocycles. The summed E-state index contributed by atoms with van der Waals surface area (Å²) in [6.07, 6.45) is 5.18. The fourth-order valence-corrected chi connectivity index (χ4v) is 1.94. The first-order valence-electron chi connectivity index (χ1n) is 4.68. The van der Waals surface area contributed by atoms with Crippen LogP contribution in [0.1, 0.15) is 32.6 Å². The van der Waals surface area contributed by atoms with Crippen LogP contribution in [0.25, 0.3) is 0 Å². The van der Waals surface area contributed by atoms with Crippen LogP contribution in [0.3, 0.4) is 0 Å². The minimum atomic E-state index is 0.303. The van der Waals surface area contributed by atoms with Gasteiger partial charge in [-0.3, -0.25) is 0 Å². The van der Waals surface area contributed by atoms with Crippen molar-refractivity contribution in [1.82, 2.24) is 5.32 Å². The fourth-order valence-electron chi connectivity index (χ4n) is 1.94. The molecule has 11 heavy (non-hydrogen) atoms. The Morgan fingerprint density at radius 3 is 2.82 bits per heavy atom. The van der Waals surface area contributed by atoms with E-state index in [-0.39, 0.29) is 0 Å². The van der Waals surface area contributed by atoms with Crippen molar-refractivity contribution in [2.75, 3.05) is 13.2 Å². The first-order valence-corrected chi connectivity index (χ1v) is 4.68. The third-order valence-electron chi connectivity index (χ3n) is 2.98. The van der Waals surface area contributed by atoms with Gasteiger partial charge in [0.1, 0.15) is 0 Å². The molecule has 0 aromatic carbocycles. The largest absolute Gasteiger partial charge is 0.373 e. The van der Waals surface area contributed by atoms with Crippen LogP contribution in [-0.4, -0.2) is 24.8 Å². The van der Waals surface area contributed by atoms with Crippen molar-refractivity contribution in [2.24, 2.45) is 0 Å². The van der Waals surface area contributed by atoms with E-state index in [9.17, 15) is 0 Å². The van der Waals surface area contributed by atoms with E-state index in [4.69, 9.17) is 4.74 Å². The molecule has 1 aliphatic carbocycles. The highest BCUT2D eigenvalue weighted by molar-refractivity contribution is 4.92. The predicted octanol–water partition coefficient (Wildman–Crippen LogP) is 1.31. The molecule has 1 heterocycles. The lowest BCUT2D eigenvalue weighted by molar-refractivity contribution is -0.0974. The molecule has 1 saturated carbocycles. The van der Waals surface area contributed by atoms with Crippen LogP contribution in [0, 0.1) is 0 Å². The zero-order valence-corrected chi connectivity index (χ0v) is 7.23. The van der Waals surface area contributed by atoms with E-state index in [2.05, 4.69) is 12.2 Å². The molecule has 1 unspecified atom stereocenters. The van der Waals surface area contributed by atoms with Gasteiger partial charge in [0.15, 0.2) is 0 Å². The Morgan fingerprint density at radius 1 is 1.36 bits per heavy atom. The molecule has 2 rings (SSSR count). The number of ether oxygens (including phenoxy) is 1. The molecular weight excluding hydrogens is 138 g/mol. The van der Waals surface area contributed by atoms with E-state index in [1.165, 1.54) is 25.7 Å². The zero-order valence-electron chi connectivity index (χ0n) is 7.23. The van der Waals surface area contributed by atoms with E-state index in [1.807, 2.05) is 0 Å². The molecule has 1 N–H and O–H groups in total. The van der Waals surface area contributed by atoms with Gasteiger partial charge in [0, 0.05) is 6.04 Å². The monoisotopic (exact) mass is 155 g/mol. The Morgan fingerprint density at radius 2 is 2.18 bits per heavy atom. The van der Waals surface area contributed by atoms with Crippen molar-refractivity contribution in [3.05, 3.63) is 0 Å². The smallest absolute Gasteiger partial charge is 0.0695 e. The lowest BCUT2D eigenvalue weighted by atomic mass is 9.77. The zero-order chi connectivity index (χ0) is 7.73. The van der Waals surface area contributed by atoms with E-state index in [0.29, 0.717) is 11.6 Å². The van der Waals surface area contributed by atoms with Crippen LogP contribution in [0.2, 0.25) is 0 Å². The molecule has 2 heteroatoms. The average molecular weight is 155 g/mol. The van der Waals surface area contributed by atoms with Crippen LogP contribution in [0.15, 0.2) is 0 Å². The van der Waals surface area contributed by atoms with Gasteiger partial charge < -0.3 is 10.1 Å². The van der Waals surface area contributed by atoms with Gasteiger partial charge in [-0.1, -0.05) is 0 Å². The van der Waals surface area contributed by atoms with Crippen molar-refractivity contribution >= 4 is 0 Å². The van der Waals surface area contributed by atoms with Gasteiger partial charge in [-0.2, -0.15) is 0 Å². The molecule has 0 bridgehead atoms. The molecule has 1 saturated heterocycles. The maximum atomic E-state index is 5.88. The fraction of sp³-hybridized carbons (Fsp3) is 1.00. The second-order valence-electron chi connectivity index (χ2n) is 3.95. The number of nitrogens with one attached hydrogen (secondary N) is 1. The number of hydrogen-bond donors (Lipinski definition) is 1. The summed E-state index contributed by atoms with van der Waals surface area (Å²) in [6.45, 7) is 4.23. The predicted molar refractivity (Wildman–Crippen MR) is 44.6 cm³/mol. The van der Waals surface area contributed by atoms with Crippen LogP contribution < -0.4 is 5.32 Å². The van der Waals surface area contributed by atoms with Crippen LogP contribution in [-0.2, 0) is 4.74 Å². The van der Waals surface area contributed by atoms with Crippen molar-refractivity contribution < 1.29 is 4.74 Å². The van der Waals surface area contributed by atoms with Crippen LogP contribution >= 0.6 is 0 Å². The minimum absolute atomic E-state index is 0.303.